The Bertz CT molecular complexity index is 744. The van der Waals surface area contributed by atoms with Crippen molar-refractivity contribution in [3.05, 3.63) is 35.0 Å². The second-order valence-electron chi connectivity index (χ2n) is 5.69. The predicted octanol–water partition coefficient (Wildman–Crippen LogP) is 4.27. The van der Waals surface area contributed by atoms with E-state index in [1.165, 1.54) is 23.0 Å². The zero-order valence-corrected chi connectivity index (χ0v) is 13.7. The molecule has 0 spiro atoms. The van der Waals surface area contributed by atoms with Crippen LogP contribution in [0.2, 0.25) is 5.15 Å². The summed E-state index contributed by atoms with van der Waals surface area (Å²) in [7, 11) is 0. The maximum absolute atomic E-state index is 14.1. The molecule has 136 valence electrons. The van der Waals surface area contributed by atoms with Crippen LogP contribution in [0.25, 0.3) is 0 Å². The van der Waals surface area contributed by atoms with Crippen molar-refractivity contribution in [2.45, 2.75) is 31.5 Å². The molecule has 3 rings (SSSR count). The Labute approximate surface area is 145 Å². The Morgan fingerprint density at radius 2 is 2.04 bits per heavy atom. The average Bonchev–Trinajstić information content (AvgIpc) is 2.93. The second-order valence-corrected chi connectivity index (χ2v) is 6.05. The van der Waals surface area contributed by atoms with Gasteiger partial charge in [-0.15, -0.1) is 0 Å². The summed E-state index contributed by atoms with van der Waals surface area (Å²) in [6.07, 6.45) is -3.00. The number of anilines is 2. The second kappa shape index (κ2) is 7.17. The van der Waals surface area contributed by atoms with Gasteiger partial charge in [0.25, 0.3) is 0 Å². The average molecular weight is 379 g/mol. The van der Waals surface area contributed by atoms with Crippen LogP contribution in [0.1, 0.15) is 24.6 Å². The lowest BCUT2D eigenvalue weighted by molar-refractivity contribution is -0.127. The quantitative estimate of drug-likeness (QED) is 0.637. The van der Waals surface area contributed by atoms with E-state index in [0.29, 0.717) is 26.1 Å². The van der Waals surface area contributed by atoms with Crippen molar-refractivity contribution < 1.29 is 22.3 Å². The fourth-order valence-corrected chi connectivity index (χ4v) is 2.85. The Kier molecular flexibility index (Phi) is 5.14. The van der Waals surface area contributed by atoms with Crippen LogP contribution in [0.5, 0.6) is 0 Å². The van der Waals surface area contributed by atoms with Crippen molar-refractivity contribution in [3.8, 4) is 0 Å². The lowest BCUT2D eigenvalue weighted by Crippen LogP contribution is -2.22. The summed E-state index contributed by atoms with van der Waals surface area (Å²) in [5.74, 6) is -0.506. The maximum atomic E-state index is 14.1. The number of pyridine rings is 1. The van der Waals surface area contributed by atoms with E-state index in [4.69, 9.17) is 16.3 Å². The van der Waals surface area contributed by atoms with Crippen molar-refractivity contribution in [3.63, 3.8) is 0 Å². The summed E-state index contributed by atoms with van der Waals surface area (Å²) in [6, 6.07) is 2.50. The lowest BCUT2D eigenvalue weighted by Gasteiger charge is -2.24. The maximum Gasteiger partial charge on any atom is 0.394 e. The molecule has 0 saturated carbocycles. The molecule has 0 atom stereocenters. The molecule has 0 bridgehead atoms. The van der Waals surface area contributed by atoms with Crippen molar-refractivity contribution >= 4 is 23.1 Å². The van der Waals surface area contributed by atoms with E-state index in [9.17, 15) is 17.6 Å². The molecular formula is C15H15ClF4N4O. The van der Waals surface area contributed by atoms with Crippen molar-refractivity contribution in [2.75, 3.05) is 18.5 Å². The molecular weight excluding hydrogens is 364 g/mol. The molecule has 1 saturated heterocycles. The minimum Gasteiger partial charge on any atom is -0.381 e. The van der Waals surface area contributed by atoms with Gasteiger partial charge in [0.1, 0.15) is 5.82 Å². The molecule has 5 nitrogen and oxygen atoms in total. The minimum atomic E-state index is -4.38. The zero-order chi connectivity index (χ0) is 18.0. The fraction of sp³-hybridized carbons (Fsp3) is 0.467. The van der Waals surface area contributed by atoms with Crippen LogP contribution in [0.15, 0.2) is 18.3 Å². The number of ether oxygens (including phenoxy) is 1. The lowest BCUT2D eigenvalue weighted by atomic mass is 10.1. The van der Waals surface area contributed by atoms with Crippen molar-refractivity contribution in [1.29, 1.82) is 0 Å². The Morgan fingerprint density at radius 3 is 2.72 bits per heavy atom. The third-order valence-electron chi connectivity index (χ3n) is 3.81. The fourth-order valence-electron chi connectivity index (χ4n) is 2.69. The van der Waals surface area contributed by atoms with Gasteiger partial charge in [-0.05, 0) is 18.9 Å². The molecule has 1 fully saturated rings. The van der Waals surface area contributed by atoms with Gasteiger partial charge in [0.15, 0.2) is 11.0 Å². The van der Waals surface area contributed by atoms with Crippen LogP contribution in [0.4, 0.5) is 29.1 Å². The van der Waals surface area contributed by atoms with Crippen molar-refractivity contribution in [1.82, 2.24) is 14.8 Å². The van der Waals surface area contributed by atoms with E-state index in [1.54, 1.807) is 0 Å². The van der Waals surface area contributed by atoms with Crippen LogP contribution in [-0.4, -0.2) is 34.2 Å². The first-order chi connectivity index (χ1) is 11.8. The summed E-state index contributed by atoms with van der Waals surface area (Å²) in [5, 5.41) is 6.53. The number of hydrogen-bond donors (Lipinski definition) is 1. The van der Waals surface area contributed by atoms with Gasteiger partial charge in [-0.2, -0.15) is 18.3 Å². The number of nitrogens with one attached hydrogen (secondary N) is 1. The highest BCUT2D eigenvalue weighted by molar-refractivity contribution is 6.29. The SMILES string of the molecule is Fc1c(Nc2cc(CC(F)(F)F)nn2C2CCOCC2)ccnc1Cl. The van der Waals surface area contributed by atoms with E-state index >= 15 is 0 Å². The molecule has 10 heteroatoms. The summed E-state index contributed by atoms with van der Waals surface area (Å²) in [4.78, 5) is 3.61. The molecule has 0 amide bonds. The van der Waals surface area contributed by atoms with Crippen LogP contribution in [0.3, 0.4) is 0 Å². The van der Waals surface area contributed by atoms with Gasteiger partial charge in [-0.3, -0.25) is 0 Å². The van der Waals surface area contributed by atoms with Crippen molar-refractivity contribution in [2.24, 2.45) is 0 Å². The summed E-state index contributed by atoms with van der Waals surface area (Å²) in [5.41, 5.74) is -0.117. The topological polar surface area (TPSA) is 52.0 Å². The van der Waals surface area contributed by atoms with E-state index in [1.807, 2.05) is 0 Å². The molecule has 3 heterocycles. The Morgan fingerprint density at radius 1 is 1.32 bits per heavy atom. The third kappa shape index (κ3) is 4.40. The number of alkyl halides is 3. The standard InChI is InChI=1S/C15H15ClF4N4O/c16-14-13(17)11(1-4-21-14)22-12-7-9(8-15(18,19)20)23-24(12)10-2-5-25-6-3-10/h1,4,7,10H,2-3,5-6,8H2,(H,21,22). The number of nitrogens with zero attached hydrogens (tertiary/aromatic N) is 3. The first-order valence-electron chi connectivity index (χ1n) is 7.63. The molecule has 25 heavy (non-hydrogen) atoms. The zero-order valence-electron chi connectivity index (χ0n) is 13.0. The monoisotopic (exact) mass is 378 g/mol. The van der Waals surface area contributed by atoms with E-state index in [0.717, 1.165) is 0 Å². The molecule has 2 aromatic heterocycles. The van der Waals surface area contributed by atoms with Crippen LogP contribution < -0.4 is 5.32 Å². The van der Waals surface area contributed by atoms with Gasteiger partial charge in [-0.1, -0.05) is 11.6 Å². The first kappa shape index (κ1) is 17.9. The number of rotatable bonds is 4. The molecule has 2 aromatic rings. The molecule has 0 radical (unpaired) electrons. The van der Waals surface area contributed by atoms with Crippen LogP contribution in [-0.2, 0) is 11.2 Å². The smallest absolute Gasteiger partial charge is 0.381 e. The molecule has 0 unspecified atom stereocenters. The highest BCUT2D eigenvalue weighted by Gasteiger charge is 2.31. The number of halogens is 5. The summed E-state index contributed by atoms with van der Waals surface area (Å²) >= 11 is 5.65. The Hall–Kier alpha value is -1.87. The number of aromatic nitrogens is 3. The van der Waals surface area contributed by atoms with E-state index in [-0.39, 0.29) is 28.4 Å². The van der Waals surface area contributed by atoms with Crippen LogP contribution >= 0.6 is 11.6 Å². The summed E-state index contributed by atoms with van der Waals surface area (Å²) < 4.78 is 58.9. The summed E-state index contributed by atoms with van der Waals surface area (Å²) in [6.45, 7) is 0.988. The van der Waals surface area contributed by atoms with Gasteiger partial charge in [0, 0.05) is 25.5 Å². The van der Waals surface area contributed by atoms with Gasteiger partial charge in [0.05, 0.1) is 23.8 Å². The minimum absolute atomic E-state index is 0.0202. The highest BCUT2D eigenvalue weighted by Crippen LogP contribution is 2.31. The first-order valence-corrected chi connectivity index (χ1v) is 8.01. The van der Waals surface area contributed by atoms with Crippen LogP contribution in [0, 0.1) is 5.82 Å². The van der Waals surface area contributed by atoms with E-state index < -0.39 is 18.4 Å². The van der Waals surface area contributed by atoms with E-state index in [2.05, 4.69) is 15.4 Å². The normalized spacial score (nSPS) is 16.2. The molecule has 1 aliphatic heterocycles. The molecule has 0 aromatic carbocycles. The van der Waals surface area contributed by atoms with Gasteiger partial charge < -0.3 is 10.1 Å². The molecule has 1 N–H and O–H groups in total. The highest BCUT2D eigenvalue weighted by atomic mass is 35.5. The molecule has 0 aliphatic carbocycles. The Balaban J connectivity index is 1.93. The predicted molar refractivity (Wildman–Crippen MR) is 83.6 cm³/mol. The van der Waals surface area contributed by atoms with Gasteiger partial charge in [0.2, 0.25) is 0 Å². The van der Waals surface area contributed by atoms with Gasteiger partial charge in [-0.25, -0.2) is 14.1 Å². The third-order valence-corrected chi connectivity index (χ3v) is 4.08. The van der Waals surface area contributed by atoms with Gasteiger partial charge >= 0.3 is 6.18 Å². The largest absolute Gasteiger partial charge is 0.394 e. The number of hydrogen-bond acceptors (Lipinski definition) is 4. The molecule has 1 aliphatic rings.